The van der Waals surface area contributed by atoms with Crippen LogP contribution in [0, 0.1) is 6.92 Å². The van der Waals surface area contributed by atoms with Crippen LogP contribution in [-0.2, 0) is 18.1 Å². The molecule has 0 radical (unpaired) electrons. The fourth-order valence-corrected chi connectivity index (χ4v) is 4.04. The van der Waals surface area contributed by atoms with Gasteiger partial charge in [-0.15, -0.1) is 0 Å². The van der Waals surface area contributed by atoms with Gasteiger partial charge in [-0.25, -0.2) is 4.79 Å². The lowest BCUT2D eigenvalue weighted by atomic mass is 9.77. The van der Waals surface area contributed by atoms with Crippen LogP contribution in [0.15, 0.2) is 66.9 Å². The molecule has 0 bridgehead atoms. The second-order valence-electron chi connectivity index (χ2n) is 8.16. The van der Waals surface area contributed by atoms with E-state index in [-0.39, 0.29) is 18.0 Å². The summed E-state index contributed by atoms with van der Waals surface area (Å²) >= 11 is 6.05. The van der Waals surface area contributed by atoms with Gasteiger partial charge in [0, 0.05) is 18.7 Å². The number of nitrogens with one attached hydrogen (secondary N) is 2. The van der Waals surface area contributed by atoms with E-state index in [9.17, 15) is 18.0 Å². The van der Waals surface area contributed by atoms with Crippen LogP contribution in [0.2, 0.25) is 5.02 Å². The average molecular weight is 476 g/mol. The summed E-state index contributed by atoms with van der Waals surface area (Å²) in [6.07, 6.45) is -2.95. The Morgan fingerprint density at radius 2 is 1.67 bits per heavy atom. The van der Waals surface area contributed by atoms with Crippen molar-refractivity contribution in [2.75, 3.05) is 0 Å². The highest BCUT2D eigenvalue weighted by atomic mass is 35.5. The van der Waals surface area contributed by atoms with Gasteiger partial charge >= 0.3 is 12.2 Å². The van der Waals surface area contributed by atoms with Gasteiger partial charge in [-0.2, -0.15) is 13.2 Å². The lowest BCUT2D eigenvalue weighted by molar-refractivity contribution is -0.138. The fraction of sp³-hybridized carbons (Fsp3) is 0.280. The zero-order valence-electron chi connectivity index (χ0n) is 18.5. The Morgan fingerprint density at radius 3 is 2.24 bits per heavy atom. The van der Waals surface area contributed by atoms with Crippen molar-refractivity contribution in [1.82, 2.24) is 15.6 Å². The minimum atomic E-state index is -4.55. The predicted octanol–water partition coefficient (Wildman–Crippen LogP) is 6.26. The van der Waals surface area contributed by atoms with E-state index in [0.29, 0.717) is 16.3 Å². The molecule has 0 saturated carbocycles. The van der Waals surface area contributed by atoms with Crippen molar-refractivity contribution >= 4 is 17.6 Å². The van der Waals surface area contributed by atoms with Crippen molar-refractivity contribution in [1.29, 1.82) is 0 Å². The number of benzene rings is 2. The molecule has 1 aromatic heterocycles. The SMILES string of the molecule is Cc1c(C(F)(F)F)cccc1[C@](Cc1ccccc1)(NC(=O)NC(C)C)c1ccc(Cl)cn1. The number of pyridine rings is 1. The highest BCUT2D eigenvalue weighted by molar-refractivity contribution is 6.30. The molecular weight excluding hydrogens is 451 g/mol. The molecule has 0 spiro atoms. The van der Waals surface area contributed by atoms with Crippen LogP contribution in [-0.4, -0.2) is 17.1 Å². The zero-order chi connectivity index (χ0) is 24.2. The van der Waals surface area contributed by atoms with E-state index >= 15 is 0 Å². The standard InChI is InChI=1S/C25H25ClF3N3O/c1-16(2)31-23(33)32-24(14-18-8-5-4-6-9-18,22-13-12-19(26)15-30-22)20-10-7-11-21(17(20)3)25(27,28)29/h4-13,15-16H,14H2,1-3H3,(H2,31,32,33)/t24-/m0/s1. The Bertz CT molecular complexity index is 1100. The van der Waals surface area contributed by atoms with Gasteiger partial charge < -0.3 is 10.6 Å². The number of carbonyl (C=O) groups excluding carboxylic acids is 1. The first-order valence-corrected chi connectivity index (χ1v) is 10.8. The Hall–Kier alpha value is -3.06. The maximum atomic E-state index is 13.8. The van der Waals surface area contributed by atoms with E-state index in [0.717, 1.165) is 11.6 Å². The molecule has 3 rings (SSSR count). The zero-order valence-corrected chi connectivity index (χ0v) is 19.3. The number of aromatic nitrogens is 1. The minimum absolute atomic E-state index is 0.0162. The van der Waals surface area contributed by atoms with Gasteiger partial charge in [-0.05, 0) is 55.7 Å². The number of nitrogens with zero attached hydrogens (tertiary/aromatic N) is 1. The summed E-state index contributed by atoms with van der Waals surface area (Å²) in [4.78, 5) is 17.4. The maximum Gasteiger partial charge on any atom is 0.416 e. The quantitative estimate of drug-likeness (QED) is 0.442. The fourth-order valence-electron chi connectivity index (χ4n) is 3.93. The molecule has 33 heavy (non-hydrogen) atoms. The van der Waals surface area contributed by atoms with Gasteiger partial charge in [-0.1, -0.05) is 54.1 Å². The summed E-state index contributed by atoms with van der Waals surface area (Å²) in [5.74, 6) is 0. The highest BCUT2D eigenvalue weighted by Gasteiger charge is 2.42. The number of alkyl halides is 3. The first-order chi connectivity index (χ1) is 15.5. The molecule has 0 aliphatic heterocycles. The number of urea groups is 1. The second kappa shape index (κ2) is 9.83. The van der Waals surface area contributed by atoms with Gasteiger partial charge in [-0.3, -0.25) is 4.98 Å². The largest absolute Gasteiger partial charge is 0.416 e. The molecule has 2 N–H and O–H groups in total. The van der Waals surface area contributed by atoms with Crippen LogP contribution >= 0.6 is 11.6 Å². The first-order valence-electron chi connectivity index (χ1n) is 10.4. The van der Waals surface area contributed by atoms with Crippen LogP contribution in [0.25, 0.3) is 0 Å². The molecule has 4 nitrogen and oxygen atoms in total. The van der Waals surface area contributed by atoms with Crippen molar-refractivity contribution in [3.05, 3.63) is 99.8 Å². The van der Waals surface area contributed by atoms with Crippen molar-refractivity contribution < 1.29 is 18.0 Å². The summed E-state index contributed by atoms with van der Waals surface area (Å²) in [5, 5.41) is 6.11. The summed E-state index contributed by atoms with van der Waals surface area (Å²) in [7, 11) is 0. The molecule has 0 fully saturated rings. The molecular formula is C25H25ClF3N3O. The van der Waals surface area contributed by atoms with Crippen LogP contribution in [0.3, 0.4) is 0 Å². The molecule has 1 atom stereocenters. The van der Waals surface area contributed by atoms with Gasteiger partial charge in [0.05, 0.1) is 16.3 Å². The molecule has 0 aliphatic rings. The van der Waals surface area contributed by atoms with Crippen LogP contribution in [0.1, 0.15) is 41.8 Å². The smallest absolute Gasteiger partial charge is 0.336 e. The number of hydrogen-bond donors (Lipinski definition) is 2. The van der Waals surface area contributed by atoms with Crippen molar-refractivity contribution in [2.24, 2.45) is 0 Å². The monoisotopic (exact) mass is 475 g/mol. The van der Waals surface area contributed by atoms with Crippen molar-refractivity contribution in [3.8, 4) is 0 Å². The number of rotatable bonds is 6. The number of carbonyl (C=O) groups is 1. The van der Waals surface area contributed by atoms with Crippen LogP contribution in [0.4, 0.5) is 18.0 Å². The number of hydrogen-bond acceptors (Lipinski definition) is 2. The maximum absolute atomic E-state index is 13.8. The molecule has 0 saturated heterocycles. The van der Waals surface area contributed by atoms with Crippen molar-refractivity contribution in [2.45, 2.75) is 44.9 Å². The van der Waals surface area contributed by atoms with Crippen LogP contribution in [0.5, 0.6) is 0 Å². The summed E-state index contributed by atoms with van der Waals surface area (Å²) in [5.41, 5.74) is -0.654. The minimum Gasteiger partial charge on any atom is -0.336 e. The molecule has 1 heterocycles. The first kappa shape index (κ1) is 24.6. The Morgan fingerprint density at radius 1 is 1.00 bits per heavy atom. The van der Waals surface area contributed by atoms with E-state index in [1.54, 1.807) is 32.0 Å². The third-order valence-electron chi connectivity index (χ3n) is 5.32. The van der Waals surface area contributed by atoms with E-state index < -0.39 is 23.3 Å². The average Bonchev–Trinajstić information content (AvgIpc) is 2.73. The molecule has 174 valence electrons. The highest BCUT2D eigenvalue weighted by Crippen LogP contribution is 2.40. The molecule has 3 aromatic rings. The summed E-state index contributed by atoms with van der Waals surface area (Å²) in [6.45, 7) is 5.01. The topological polar surface area (TPSA) is 54.0 Å². The van der Waals surface area contributed by atoms with Crippen LogP contribution < -0.4 is 10.6 Å². The number of amides is 2. The van der Waals surface area contributed by atoms with E-state index in [2.05, 4.69) is 15.6 Å². The lowest BCUT2D eigenvalue weighted by Crippen LogP contribution is -2.54. The Kier molecular flexibility index (Phi) is 7.32. The Balaban J connectivity index is 2.31. The third-order valence-corrected chi connectivity index (χ3v) is 5.55. The number of halogens is 4. The van der Waals surface area contributed by atoms with Gasteiger partial charge in [0.1, 0.15) is 5.54 Å². The molecule has 2 amide bonds. The third kappa shape index (κ3) is 5.66. The normalized spacial score (nSPS) is 13.5. The molecule has 8 heteroatoms. The molecule has 0 unspecified atom stereocenters. The predicted molar refractivity (Wildman–Crippen MR) is 123 cm³/mol. The second-order valence-corrected chi connectivity index (χ2v) is 8.59. The molecule has 0 aliphatic carbocycles. The molecule has 2 aromatic carbocycles. The van der Waals surface area contributed by atoms with Gasteiger partial charge in [0.25, 0.3) is 0 Å². The van der Waals surface area contributed by atoms with Gasteiger partial charge in [0.15, 0.2) is 0 Å². The summed E-state index contributed by atoms with van der Waals surface area (Å²) in [6, 6.07) is 15.7. The lowest BCUT2D eigenvalue weighted by Gasteiger charge is -2.37. The summed E-state index contributed by atoms with van der Waals surface area (Å²) < 4.78 is 41.4. The Labute approximate surface area is 196 Å². The van der Waals surface area contributed by atoms with Crippen molar-refractivity contribution in [3.63, 3.8) is 0 Å². The van der Waals surface area contributed by atoms with E-state index in [1.165, 1.54) is 19.2 Å². The van der Waals surface area contributed by atoms with Gasteiger partial charge in [0.2, 0.25) is 0 Å². The van der Waals surface area contributed by atoms with E-state index in [1.807, 2.05) is 30.3 Å². The van der Waals surface area contributed by atoms with E-state index in [4.69, 9.17) is 11.6 Å².